The van der Waals surface area contributed by atoms with Crippen LogP contribution in [0.15, 0.2) is 48.5 Å². The number of hydrogen-bond donors (Lipinski definition) is 2. The van der Waals surface area contributed by atoms with Gasteiger partial charge in [-0.3, -0.25) is 4.79 Å². The monoisotopic (exact) mass is 425 g/mol. The molecule has 0 unspecified atom stereocenters. The van der Waals surface area contributed by atoms with Crippen molar-refractivity contribution in [1.82, 2.24) is 10.2 Å². The maximum atomic E-state index is 13.9. The highest BCUT2D eigenvalue weighted by molar-refractivity contribution is 5.88. The van der Waals surface area contributed by atoms with E-state index in [4.69, 9.17) is 15.2 Å². The zero-order valence-electron chi connectivity index (χ0n) is 17.3. The lowest BCUT2D eigenvalue weighted by Crippen LogP contribution is -2.61. The van der Waals surface area contributed by atoms with E-state index >= 15 is 0 Å². The van der Waals surface area contributed by atoms with Crippen LogP contribution in [0.3, 0.4) is 0 Å². The van der Waals surface area contributed by atoms with Crippen molar-refractivity contribution in [3.63, 3.8) is 0 Å². The van der Waals surface area contributed by atoms with Crippen LogP contribution in [0.5, 0.6) is 11.5 Å². The highest BCUT2D eigenvalue weighted by atomic mass is 19.4. The highest BCUT2D eigenvalue weighted by Gasteiger charge is 2.59. The molecule has 0 aliphatic heterocycles. The molecule has 2 atom stereocenters. The molecule has 3 N–H and O–H groups in total. The van der Waals surface area contributed by atoms with E-state index in [9.17, 15) is 18.0 Å². The number of ether oxygens (including phenoxy) is 2. The van der Waals surface area contributed by atoms with Gasteiger partial charge in [0.15, 0.2) is 0 Å². The molecule has 2 rings (SSSR count). The Hall–Kier alpha value is -2.78. The molecule has 0 aliphatic carbocycles. The summed E-state index contributed by atoms with van der Waals surface area (Å²) in [6.45, 7) is -0.0853. The number of carbonyl (C=O) groups excluding carboxylic acids is 1. The Kier molecular flexibility index (Phi) is 7.33. The van der Waals surface area contributed by atoms with Gasteiger partial charge in [0.25, 0.3) is 5.91 Å². The summed E-state index contributed by atoms with van der Waals surface area (Å²) < 4.78 is 52.0. The van der Waals surface area contributed by atoms with E-state index in [1.807, 2.05) is 0 Å². The predicted octanol–water partition coefficient (Wildman–Crippen LogP) is 2.84. The molecular formula is C21H26F3N3O3. The fourth-order valence-electron chi connectivity index (χ4n) is 3.07. The molecule has 0 saturated carbocycles. The Bertz CT molecular complexity index is 874. The van der Waals surface area contributed by atoms with Crippen molar-refractivity contribution in [3.05, 3.63) is 59.7 Å². The smallest absolute Gasteiger partial charge is 0.419 e. The minimum Gasteiger partial charge on any atom is -0.497 e. The number of benzene rings is 2. The highest BCUT2D eigenvalue weighted by Crippen LogP contribution is 2.38. The molecule has 164 valence electrons. The number of halogens is 3. The lowest BCUT2D eigenvalue weighted by atomic mass is 9.88. The molecule has 2 aromatic carbocycles. The second-order valence-electron chi connectivity index (χ2n) is 7.00. The first kappa shape index (κ1) is 23.5. The van der Waals surface area contributed by atoms with Gasteiger partial charge < -0.3 is 25.4 Å². The van der Waals surface area contributed by atoms with Gasteiger partial charge in [0.2, 0.25) is 5.54 Å². The van der Waals surface area contributed by atoms with Gasteiger partial charge in [-0.1, -0.05) is 24.3 Å². The van der Waals surface area contributed by atoms with E-state index in [2.05, 4.69) is 5.32 Å². The third-order valence-electron chi connectivity index (χ3n) is 4.89. The third kappa shape index (κ3) is 4.85. The third-order valence-corrected chi connectivity index (χ3v) is 4.89. The summed E-state index contributed by atoms with van der Waals surface area (Å²) in [6.07, 6.45) is -5.02. The number of carbonyl (C=O) groups is 1. The zero-order valence-corrected chi connectivity index (χ0v) is 17.3. The van der Waals surface area contributed by atoms with Crippen molar-refractivity contribution in [3.8, 4) is 11.5 Å². The Morgan fingerprint density at radius 3 is 2.17 bits per heavy atom. The van der Waals surface area contributed by atoms with E-state index in [1.54, 1.807) is 43.3 Å². The lowest BCUT2D eigenvalue weighted by molar-refractivity contribution is -0.194. The molecule has 6 nitrogen and oxygen atoms in total. The maximum Gasteiger partial charge on any atom is 0.419 e. The zero-order chi connectivity index (χ0) is 22.5. The van der Waals surface area contributed by atoms with Crippen LogP contribution >= 0.6 is 0 Å². The molecule has 0 spiro atoms. The van der Waals surface area contributed by atoms with Crippen molar-refractivity contribution in [2.45, 2.75) is 17.8 Å². The van der Waals surface area contributed by atoms with E-state index in [0.29, 0.717) is 5.75 Å². The van der Waals surface area contributed by atoms with Gasteiger partial charge in [-0.05, 0) is 49.5 Å². The summed E-state index contributed by atoms with van der Waals surface area (Å²) >= 11 is 0. The van der Waals surface area contributed by atoms with Gasteiger partial charge >= 0.3 is 6.18 Å². The maximum absolute atomic E-state index is 13.9. The summed E-state index contributed by atoms with van der Waals surface area (Å²) in [7, 11) is 6.36. The SMILES string of the molecule is COc1cccc([C@@H](CNC(=O)[C@](N)(c2cccc(OC)c2)C(F)(F)F)N(C)C)c1. The molecule has 9 heteroatoms. The number of nitrogens with two attached hydrogens (primary N) is 1. The minimum absolute atomic E-state index is 0.0853. The van der Waals surface area contributed by atoms with E-state index < -0.39 is 29.2 Å². The van der Waals surface area contributed by atoms with Crippen molar-refractivity contribution < 1.29 is 27.4 Å². The quantitative estimate of drug-likeness (QED) is 0.680. The number of rotatable bonds is 8. The van der Waals surface area contributed by atoms with Crippen molar-refractivity contribution >= 4 is 5.91 Å². The summed E-state index contributed by atoms with van der Waals surface area (Å²) in [6, 6.07) is 11.8. The molecule has 0 saturated heterocycles. The number of nitrogens with one attached hydrogen (secondary N) is 1. The number of alkyl halides is 3. The normalized spacial score (nSPS) is 14.7. The summed E-state index contributed by atoms with van der Waals surface area (Å²) in [5, 5.41) is 2.38. The first-order valence-electron chi connectivity index (χ1n) is 9.13. The summed E-state index contributed by atoms with van der Waals surface area (Å²) in [5.74, 6) is -0.578. The average Bonchev–Trinajstić information content (AvgIpc) is 2.72. The molecule has 0 aromatic heterocycles. The molecule has 30 heavy (non-hydrogen) atoms. The second kappa shape index (κ2) is 9.36. The van der Waals surface area contributed by atoms with Crippen molar-refractivity contribution in [1.29, 1.82) is 0 Å². The number of hydrogen-bond acceptors (Lipinski definition) is 5. The number of methoxy groups -OCH3 is 2. The Morgan fingerprint density at radius 1 is 1.07 bits per heavy atom. The van der Waals surface area contributed by atoms with Gasteiger partial charge in [-0.2, -0.15) is 13.2 Å². The molecular weight excluding hydrogens is 399 g/mol. The molecule has 0 aliphatic rings. The van der Waals surface area contributed by atoms with Crippen LogP contribution in [-0.2, 0) is 10.3 Å². The fourth-order valence-corrected chi connectivity index (χ4v) is 3.07. The van der Waals surface area contributed by atoms with Crippen LogP contribution in [0.1, 0.15) is 17.2 Å². The van der Waals surface area contributed by atoms with Crippen molar-refractivity contribution in [2.24, 2.45) is 5.73 Å². The van der Waals surface area contributed by atoms with Crippen LogP contribution in [0.25, 0.3) is 0 Å². The number of amides is 1. The fraction of sp³-hybridized carbons (Fsp3) is 0.381. The standard InChI is InChI=1S/C21H26F3N3O3/c1-27(2)18(14-7-5-9-16(11-14)29-3)13-26-19(28)20(25,21(22,23)24)15-8-6-10-17(12-15)30-4/h5-12,18H,13,25H2,1-4H3,(H,26,28)/t18-,20-/m1/s1. The molecule has 0 fully saturated rings. The first-order chi connectivity index (χ1) is 14.0. The summed E-state index contributed by atoms with van der Waals surface area (Å²) in [5.41, 5.74) is 2.82. The topological polar surface area (TPSA) is 76.8 Å². The molecule has 0 bridgehead atoms. The van der Waals surface area contributed by atoms with Crippen molar-refractivity contribution in [2.75, 3.05) is 34.9 Å². The molecule has 2 aromatic rings. The lowest BCUT2D eigenvalue weighted by Gasteiger charge is -2.32. The summed E-state index contributed by atoms with van der Waals surface area (Å²) in [4.78, 5) is 14.5. The van der Waals surface area contributed by atoms with Gasteiger partial charge in [-0.25, -0.2) is 0 Å². The number of nitrogens with zero attached hydrogens (tertiary/aromatic N) is 1. The largest absolute Gasteiger partial charge is 0.497 e. The second-order valence-corrected chi connectivity index (χ2v) is 7.00. The Balaban J connectivity index is 2.32. The van der Waals surface area contributed by atoms with Gasteiger partial charge in [0.05, 0.1) is 20.3 Å². The molecule has 1 amide bonds. The van der Waals surface area contributed by atoms with E-state index in [0.717, 1.165) is 17.7 Å². The number of likely N-dealkylation sites (N-methyl/N-ethyl adjacent to an activating group) is 1. The molecule has 0 heterocycles. The van der Waals surface area contributed by atoms with Crippen LogP contribution in [0.2, 0.25) is 0 Å². The average molecular weight is 425 g/mol. The van der Waals surface area contributed by atoms with Gasteiger partial charge in [0.1, 0.15) is 11.5 Å². The minimum atomic E-state index is -5.02. The van der Waals surface area contributed by atoms with Crippen LogP contribution in [-0.4, -0.2) is 51.8 Å². The van der Waals surface area contributed by atoms with Gasteiger partial charge in [-0.15, -0.1) is 0 Å². The molecule has 0 radical (unpaired) electrons. The predicted molar refractivity (Wildman–Crippen MR) is 107 cm³/mol. The first-order valence-corrected chi connectivity index (χ1v) is 9.13. The Labute approximate surface area is 173 Å². The van der Waals surface area contributed by atoms with Crippen LogP contribution in [0, 0.1) is 0 Å². The van der Waals surface area contributed by atoms with E-state index in [-0.39, 0.29) is 12.3 Å². The van der Waals surface area contributed by atoms with Gasteiger partial charge in [0, 0.05) is 6.54 Å². The van der Waals surface area contributed by atoms with Crippen LogP contribution < -0.4 is 20.5 Å². The Morgan fingerprint density at radius 2 is 1.63 bits per heavy atom. The van der Waals surface area contributed by atoms with Crippen LogP contribution in [0.4, 0.5) is 13.2 Å². The van der Waals surface area contributed by atoms with E-state index in [1.165, 1.54) is 26.4 Å².